The lowest BCUT2D eigenvalue weighted by atomic mass is 10.1. The fourth-order valence-electron chi connectivity index (χ4n) is 0.994. The predicted molar refractivity (Wildman–Crippen MR) is 32.9 cm³/mol. The van der Waals surface area contributed by atoms with Crippen LogP contribution in [-0.2, 0) is 4.79 Å². The van der Waals surface area contributed by atoms with Gasteiger partial charge in [0.05, 0.1) is 5.92 Å². The summed E-state index contributed by atoms with van der Waals surface area (Å²) in [5.41, 5.74) is 5.44. The van der Waals surface area contributed by atoms with Crippen LogP contribution in [0.25, 0.3) is 0 Å². The minimum absolute atomic E-state index is 0.149. The topological polar surface area (TPSA) is 63.3 Å². The Balaban J connectivity index is 2.36. The first-order chi connectivity index (χ1) is 4.13. The molecule has 1 aliphatic rings. The minimum atomic E-state index is -0.729. The summed E-state index contributed by atoms with van der Waals surface area (Å²) >= 11 is 0. The van der Waals surface area contributed by atoms with E-state index in [1.165, 1.54) is 0 Å². The van der Waals surface area contributed by atoms with Crippen LogP contribution >= 0.6 is 0 Å². The van der Waals surface area contributed by atoms with Gasteiger partial charge in [-0.25, -0.2) is 0 Å². The number of aliphatic carboxylic acids is 1. The van der Waals surface area contributed by atoms with E-state index in [1.807, 2.05) is 0 Å². The standard InChI is InChI=1S/C6H11NO2/c1-3(6(8)9)4-2-5(4)7/h3-5H,2,7H2,1H3,(H,8,9). The van der Waals surface area contributed by atoms with E-state index in [-0.39, 0.29) is 17.9 Å². The third kappa shape index (κ3) is 1.21. The number of carboxylic acid groups (broad SMARTS) is 1. The predicted octanol–water partition coefficient (Wildman–Crippen LogP) is 0.0543. The third-order valence-electron chi connectivity index (χ3n) is 1.92. The zero-order valence-corrected chi connectivity index (χ0v) is 5.37. The molecule has 1 saturated carbocycles. The maximum Gasteiger partial charge on any atom is 0.306 e. The molecule has 0 heterocycles. The van der Waals surface area contributed by atoms with Crippen LogP contribution in [0.15, 0.2) is 0 Å². The summed E-state index contributed by atoms with van der Waals surface area (Å²) in [5.74, 6) is -0.740. The second-order valence-corrected chi connectivity index (χ2v) is 2.69. The van der Waals surface area contributed by atoms with Gasteiger partial charge in [0.2, 0.25) is 0 Å². The summed E-state index contributed by atoms with van der Waals surface area (Å²) in [6.07, 6.45) is 0.882. The Bertz CT molecular complexity index is 135. The molecule has 3 unspecified atom stereocenters. The maximum atomic E-state index is 10.3. The molecular weight excluding hydrogens is 118 g/mol. The second kappa shape index (κ2) is 1.99. The number of nitrogens with two attached hydrogens (primary N) is 1. The van der Waals surface area contributed by atoms with Crippen LogP contribution in [0.5, 0.6) is 0 Å². The van der Waals surface area contributed by atoms with Crippen LogP contribution in [0.3, 0.4) is 0 Å². The lowest BCUT2D eigenvalue weighted by molar-refractivity contribution is -0.141. The molecule has 1 aliphatic carbocycles. The molecule has 0 aliphatic heterocycles. The second-order valence-electron chi connectivity index (χ2n) is 2.69. The summed E-state index contributed by atoms with van der Waals surface area (Å²) in [6.45, 7) is 1.71. The average Bonchev–Trinajstić information content (AvgIpc) is 2.44. The van der Waals surface area contributed by atoms with Crippen molar-refractivity contribution in [3.05, 3.63) is 0 Å². The van der Waals surface area contributed by atoms with Gasteiger partial charge in [-0.3, -0.25) is 4.79 Å². The minimum Gasteiger partial charge on any atom is -0.481 e. The van der Waals surface area contributed by atoms with E-state index in [1.54, 1.807) is 6.92 Å². The number of hydrogen-bond acceptors (Lipinski definition) is 2. The van der Waals surface area contributed by atoms with Crippen molar-refractivity contribution in [3.63, 3.8) is 0 Å². The highest BCUT2D eigenvalue weighted by Crippen LogP contribution is 2.35. The molecular formula is C6H11NO2. The largest absolute Gasteiger partial charge is 0.481 e. The number of carbonyl (C=O) groups is 1. The van der Waals surface area contributed by atoms with Crippen LogP contribution in [-0.4, -0.2) is 17.1 Å². The maximum absolute atomic E-state index is 10.3. The Labute approximate surface area is 53.9 Å². The van der Waals surface area contributed by atoms with E-state index in [9.17, 15) is 4.79 Å². The molecule has 52 valence electrons. The van der Waals surface area contributed by atoms with Crippen molar-refractivity contribution in [2.75, 3.05) is 0 Å². The van der Waals surface area contributed by atoms with Gasteiger partial charge in [0.1, 0.15) is 0 Å². The summed E-state index contributed by atoms with van der Waals surface area (Å²) in [4.78, 5) is 10.3. The molecule has 0 aromatic rings. The van der Waals surface area contributed by atoms with Crippen LogP contribution in [0.2, 0.25) is 0 Å². The van der Waals surface area contributed by atoms with Crippen molar-refractivity contribution in [1.29, 1.82) is 0 Å². The molecule has 1 fully saturated rings. The highest BCUT2D eigenvalue weighted by atomic mass is 16.4. The Morgan fingerprint density at radius 2 is 2.33 bits per heavy atom. The SMILES string of the molecule is CC(C(=O)O)C1CC1N. The summed E-state index contributed by atoms with van der Waals surface area (Å²) in [7, 11) is 0. The highest BCUT2D eigenvalue weighted by molar-refractivity contribution is 5.70. The van der Waals surface area contributed by atoms with E-state index >= 15 is 0 Å². The number of carboxylic acids is 1. The van der Waals surface area contributed by atoms with Gasteiger partial charge in [0, 0.05) is 6.04 Å². The van der Waals surface area contributed by atoms with Crippen molar-refractivity contribution >= 4 is 5.97 Å². The Kier molecular flexibility index (Phi) is 1.45. The lowest BCUT2D eigenvalue weighted by Crippen LogP contribution is -2.16. The third-order valence-corrected chi connectivity index (χ3v) is 1.92. The summed E-state index contributed by atoms with van der Waals surface area (Å²) in [6, 6.07) is 0.149. The van der Waals surface area contributed by atoms with E-state index in [2.05, 4.69) is 0 Å². The first kappa shape index (κ1) is 6.55. The monoisotopic (exact) mass is 129 g/mol. The zero-order chi connectivity index (χ0) is 7.02. The van der Waals surface area contributed by atoms with E-state index in [0.29, 0.717) is 0 Å². The van der Waals surface area contributed by atoms with Gasteiger partial charge in [-0.05, 0) is 12.3 Å². The number of rotatable bonds is 2. The van der Waals surface area contributed by atoms with Gasteiger partial charge >= 0.3 is 5.97 Å². The molecule has 0 saturated heterocycles. The normalized spacial score (nSPS) is 35.8. The van der Waals surface area contributed by atoms with Gasteiger partial charge in [0.15, 0.2) is 0 Å². The first-order valence-electron chi connectivity index (χ1n) is 3.11. The molecule has 3 nitrogen and oxygen atoms in total. The Morgan fingerprint density at radius 1 is 1.89 bits per heavy atom. The van der Waals surface area contributed by atoms with Crippen molar-refractivity contribution in [1.82, 2.24) is 0 Å². The highest BCUT2D eigenvalue weighted by Gasteiger charge is 2.41. The summed E-state index contributed by atoms with van der Waals surface area (Å²) < 4.78 is 0. The van der Waals surface area contributed by atoms with Crippen molar-refractivity contribution < 1.29 is 9.90 Å². The molecule has 9 heavy (non-hydrogen) atoms. The summed E-state index contributed by atoms with van der Waals surface area (Å²) in [5, 5.41) is 8.45. The van der Waals surface area contributed by atoms with Crippen LogP contribution in [0.4, 0.5) is 0 Å². The molecule has 0 amide bonds. The number of hydrogen-bond donors (Lipinski definition) is 2. The molecule has 0 bridgehead atoms. The molecule has 3 N–H and O–H groups in total. The van der Waals surface area contributed by atoms with E-state index in [4.69, 9.17) is 10.8 Å². The molecule has 0 aromatic heterocycles. The van der Waals surface area contributed by atoms with E-state index in [0.717, 1.165) is 6.42 Å². The van der Waals surface area contributed by atoms with Crippen LogP contribution < -0.4 is 5.73 Å². The molecule has 1 rings (SSSR count). The smallest absolute Gasteiger partial charge is 0.306 e. The van der Waals surface area contributed by atoms with Crippen molar-refractivity contribution in [3.8, 4) is 0 Å². The molecule has 3 heteroatoms. The molecule has 0 spiro atoms. The Morgan fingerprint density at radius 3 is 2.44 bits per heavy atom. The van der Waals surface area contributed by atoms with Gasteiger partial charge < -0.3 is 10.8 Å². The van der Waals surface area contributed by atoms with E-state index < -0.39 is 5.97 Å². The van der Waals surface area contributed by atoms with Gasteiger partial charge in [0.25, 0.3) is 0 Å². The molecule has 3 atom stereocenters. The fourth-order valence-corrected chi connectivity index (χ4v) is 0.994. The average molecular weight is 129 g/mol. The zero-order valence-electron chi connectivity index (χ0n) is 5.37. The molecule has 0 radical (unpaired) electrons. The van der Waals surface area contributed by atoms with Crippen molar-refractivity contribution in [2.24, 2.45) is 17.6 Å². The fraction of sp³-hybridized carbons (Fsp3) is 0.833. The Hall–Kier alpha value is -0.570. The van der Waals surface area contributed by atoms with Crippen LogP contribution in [0.1, 0.15) is 13.3 Å². The first-order valence-corrected chi connectivity index (χ1v) is 3.11. The van der Waals surface area contributed by atoms with Gasteiger partial charge in [-0.15, -0.1) is 0 Å². The molecule has 0 aromatic carbocycles. The van der Waals surface area contributed by atoms with Gasteiger partial charge in [-0.1, -0.05) is 6.92 Å². The lowest BCUT2D eigenvalue weighted by Gasteiger charge is -2.00. The van der Waals surface area contributed by atoms with Crippen molar-refractivity contribution in [2.45, 2.75) is 19.4 Å². The van der Waals surface area contributed by atoms with Gasteiger partial charge in [-0.2, -0.15) is 0 Å². The van der Waals surface area contributed by atoms with Crippen LogP contribution in [0, 0.1) is 11.8 Å². The quantitative estimate of drug-likeness (QED) is 0.554.